The maximum absolute atomic E-state index is 3.34. The Hall–Kier alpha value is -0.0800. The molecule has 86 valence electrons. The van der Waals surface area contributed by atoms with Gasteiger partial charge in [-0.2, -0.15) is 0 Å². The molecule has 2 fully saturated rings. The maximum Gasteiger partial charge on any atom is 0.00917 e. The fourth-order valence-corrected chi connectivity index (χ4v) is 1.93. The Kier molecular flexibility index (Phi) is 7.20. The van der Waals surface area contributed by atoms with Crippen molar-refractivity contribution in [3.63, 3.8) is 0 Å². The summed E-state index contributed by atoms with van der Waals surface area (Å²) in [4.78, 5) is 2.43. The summed E-state index contributed by atoms with van der Waals surface area (Å²) < 4.78 is 0. The van der Waals surface area contributed by atoms with Gasteiger partial charge in [-0.15, -0.1) is 0 Å². The van der Waals surface area contributed by atoms with Gasteiger partial charge in [-0.3, -0.25) is 0 Å². The monoisotopic (exact) mass is 200 g/mol. The van der Waals surface area contributed by atoms with Crippen molar-refractivity contribution in [3.8, 4) is 0 Å². The Bertz CT molecular complexity index is 130. The van der Waals surface area contributed by atoms with E-state index in [2.05, 4.69) is 31.1 Å². The van der Waals surface area contributed by atoms with Crippen molar-refractivity contribution in [1.82, 2.24) is 10.2 Å². The zero-order chi connectivity index (χ0) is 11.0. The minimum atomic E-state index is 0.703. The molecule has 2 rings (SSSR count). The molecule has 2 heterocycles. The Labute approximate surface area is 90.1 Å². The van der Waals surface area contributed by atoms with Crippen LogP contribution in [0.15, 0.2) is 0 Å². The Balaban J connectivity index is 0.000000294. The van der Waals surface area contributed by atoms with Gasteiger partial charge in [-0.25, -0.2) is 0 Å². The predicted octanol–water partition coefficient (Wildman–Crippen LogP) is 2.35. The molecule has 1 N–H and O–H groups in total. The minimum absolute atomic E-state index is 0.703. The molecule has 0 aromatic heterocycles. The Morgan fingerprint density at radius 1 is 1.21 bits per heavy atom. The summed E-state index contributed by atoms with van der Waals surface area (Å²) in [7, 11) is 2.22. The molecule has 0 bridgehead atoms. The average Bonchev–Trinajstić information content (AvgIpc) is 2.52. The standard InChI is InChI=1S/C7H14N2.C3H8.C2H6/c1-9-3-2-7(6-9)4-8-5-7;1-3-2;1-2/h8H,2-6H2,1H3;3H2,1-2H3;1-2H3. The lowest BCUT2D eigenvalue weighted by Gasteiger charge is -2.38. The SMILES string of the molecule is CC.CCC.CN1CCC2(CNC2)C1. The van der Waals surface area contributed by atoms with E-state index in [1.165, 1.54) is 39.0 Å². The largest absolute Gasteiger partial charge is 0.315 e. The van der Waals surface area contributed by atoms with E-state index in [9.17, 15) is 0 Å². The molecular weight excluding hydrogens is 172 g/mol. The van der Waals surface area contributed by atoms with E-state index >= 15 is 0 Å². The molecule has 2 aliphatic heterocycles. The first kappa shape index (κ1) is 13.9. The van der Waals surface area contributed by atoms with Crippen molar-refractivity contribution >= 4 is 0 Å². The van der Waals surface area contributed by atoms with E-state index < -0.39 is 0 Å². The quantitative estimate of drug-likeness (QED) is 0.646. The number of hydrogen-bond acceptors (Lipinski definition) is 2. The zero-order valence-electron chi connectivity index (χ0n) is 10.7. The summed E-state index contributed by atoms with van der Waals surface area (Å²) in [6, 6.07) is 0. The van der Waals surface area contributed by atoms with Crippen LogP contribution < -0.4 is 5.32 Å². The third-order valence-corrected chi connectivity index (χ3v) is 2.63. The highest BCUT2D eigenvalue weighted by molar-refractivity contribution is 4.98. The predicted molar refractivity (Wildman–Crippen MR) is 64.7 cm³/mol. The molecule has 0 aromatic rings. The topological polar surface area (TPSA) is 15.3 Å². The number of nitrogens with zero attached hydrogens (tertiary/aromatic N) is 1. The fraction of sp³-hybridized carbons (Fsp3) is 1.00. The van der Waals surface area contributed by atoms with Crippen LogP contribution in [-0.2, 0) is 0 Å². The lowest BCUT2D eigenvalue weighted by atomic mass is 9.81. The molecule has 1 spiro atoms. The van der Waals surface area contributed by atoms with Crippen molar-refractivity contribution in [1.29, 1.82) is 0 Å². The summed E-state index contributed by atoms with van der Waals surface area (Å²) in [6.45, 7) is 13.4. The Morgan fingerprint density at radius 2 is 1.71 bits per heavy atom. The van der Waals surface area contributed by atoms with E-state index in [-0.39, 0.29) is 0 Å². The van der Waals surface area contributed by atoms with E-state index in [1.54, 1.807) is 0 Å². The third kappa shape index (κ3) is 3.97. The first-order valence-electron chi connectivity index (χ1n) is 6.12. The highest BCUT2D eigenvalue weighted by Gasteiger charge is 2.41. The smallest absolute Gasteiger partial charge is 0.00917 e. The van der Waals surface area contributed by atoms with Gasteiger partial charge < -0.3 is 10.2 Å². The first-order chi connectivity index (χ1) is 6.72. The van der Waals surface area contributed by atoms with Crippen molar-refractivity contribution < 1.29 is 0 Å². The van der Waals surface area contributed by atoms with Crippen molar-refractivity contribution in [2.24, 2.45) is 5.41 Å². The van der Waals surface area contributed by atoms with Crippen LogP contribution in [0.3, 0.4) is 0 Å². The molecule has 0 saturated carbocycles. The van der Waals surface area contributed by atoms with Crippen LogP contribution in [0.25, 0.3) is 0 Å². The lowest BCUT2D eigenvalue weighted by Crippen LogP contribution is -2.54. The molecule has 0 unspecified atom stereocenters. The van der Waals surface area contributed by atoms with Gasteiger partial charge in [0.2, 0.25) is 0 Å². The van der Waals surface area contributed by atoms with Crippen LogP contribution in [0.1, 0.15) is 40.5 Å². The van der Waals surface area contributed by atoms with E-state index in [1.807, 2.05) is 13.8 Å². The molecule has 2 aliphatic rings. The summed E-state index contributed by atoms with van der Waals surface area (Å²) in [5.74, 6) is 0. The van der Waals surface area contributed by atoms with Crippen LogP contribution in [0, 0.1) is 5.41 Å². The van der Waals surface area contributed by atoms with Crippen molar-refractivity contribution in [2.45, 2.75) is 40.5 Å². The maximum atomic E-state index is 3.34. The molecular formula is C12H28N2. The molecule has 14 heavy (non-hydrogen) atoms. The van der Waals surface area contributed by atoms with E-state index in [4.69, 9.17) is 0 Å². The number of hydrogen-bond donors (Lipinski definition) is 1. The van der Waals surface area contributed by atoms with Crippen molar-refractivity contribution in [2.75, 3.05) is 33.2 Å². The van der Waals surface area contributed by atoms with Gasteiger partial charge in [-0.1, -0.05) is 34.1 Å². The Morgan fingerprint density at radius 3 is 1.86 bits per heavy atom. The van der Waals surface area contributed by atoms with Gasteiger partial charge >= 0.3 is 0 Å². The lowest BCUT2D eigenvalue weighted by molar-refractivity contribution is 0.177. The molecule has 0 amide bonds. The first-order valence-corrected chi connectivity index (χ1v) is 6.12. The molecule has 2 heteroatoms. The summed E-state index contributed by atoms with van der Waals surface area (Å²) in [6.07, 6.45) is 2.66. The van der Waals surface area contributed by atoms with Gasteiger partial charge in [0.15, 0.2) is 0 Å². The molecule has 0 aliphatic carbocycles. The number of likely N-dealkylation sites (tertiary alicyclic amines) is 1. The van der Waals surface area contributed by atoms with Gasteiger partial charge in [0.25, 0.3) is 0 Å². The van der Waals surface area contributed by atoms with E-state index in [0.717, 1.165) is 0 Å². The van der Waals surface area contributed by atoms with Crippen LogP contribution in [0.2, 0.25) is 0 Å². The van der Waals surface area contributed by atoms with Gasteiger partial charge in [0.1, 0.15) is 0 Å². The number of nitrogens with one attached hydrogen (secondary N) is 1. The normalized spacial score (nSPS) is 22.9. The second kappa shape index (κ2) is 7.24. The molecule has 2 saturated heterocycles. The summed E-state index contributed by atoms with van der Waals surface area (Å²) >= 11 is 0. The van der Waals surface area contributed by atoms with Crippen molar-refractivity contribution in [3.05, 3.63) is 0 Å². The van der Waals surface area contributed by atoms with Gasteiger partial charge in [-0.05, 0) is 20.0 Å². The van der Waals surface area contributed by atoms with E-state index in [0.29, 0.717) is 5.41 Å². The summed E-state index contributed by atoms with van der Waals surface area (Å²) in [5, 5.41) is 3.34. The minimum Gasteiger partial charge on any atom is -0.315 e. The van der Waals surface area contributed by atoms with Crippen LogP contribution in [0.5, 0.6) is 0 Å². The highest BCUT2D eigenvalue weighted by Crippen LogP contribution is 2.32. The van der Waals surface area contributed by atoms with Crippen LogP contribution in [-0.4, -0.2) is 38.1 Å². The second-order valence-electron chi connectivity index (χ2n) is 4.30. The zero-order valence-corrected chi connectivity index (χ0v) is 10.7. The van der Waals surface area contributed by atoms with Crippen LogP contribution in [0.4, 0.5) is 0 Å². The molecule has 2 nitrogen and oxygen atoms in total. The van der Waals surface area contributed by atoms with Gasteiger partial charge in [0, 0.05) is 25.0 Å². The fourth-order valence-electron chi connectivity index (χ4n) is 1.93. The molecule has 0 atom stereocenters. The second-order valence-corrected chi connectivity index (χ2v) is 4.30. The van der Waals surface area contributed by atoms with Crippen LogP contribution >= 0.6 is 0 Å². The highest BCUT2D eigenvalue weighted by atomic mass is 15.2. The third-order valence-electron chi connectivity index (χ3n) is 2.63. The molecule has 0 radical (unpaired) electrons. The number of rotatable bonds is 0. The average molecular weight is 200 g/mol. The molecule has 0 aromatic carbocycles. The summed E-state index contributed by atoms with van der Waals surface area (Å²) in [5.41, 5.74) is 0.703. The van der Waals surface area contributed by atoms with Gasteiger partial charge in [0.05, 0.1) is 0 Å².